The first-order valence-electron chi connectivity index (χ1n) is 10.1. The van der Waals surface area contributed by atoms with Crippen LogP contribution in [0.25, 0.3) is 10.9 Å². The molecule has 1 saturated heterocycles. The molecule has 2 aliphatic rings. The number of amides is 1. The number of benzene rings is 1. The van der Waals surface area contributed by atoms with Crippen molar-refractivity contribution in [3.8, 4) is 5.75 Å². The van der Waals surface area contributed by atoms with Crippen LogP contribution in [0, 0.1) is 5.92 Å². The number of aliphatic hydroxyl groups is 1. The topological polar surface area (TPSA) is 98.1 Å². The lowest BCUT2D eigenvalue weighted by molar-refractivity contribution is 0.00558. The number of rotatable bonds is 3. The Morgan fingerprint density at radius 3 is 2.60 bits per heavy atom. The minimum Gasteiger partial charge on any atom is -0.494 e. The molecule has 8 nitrogen and oxygen atoms in total. The average Bonchev–Trinajstić information content (AvgIpc) is 3.02. The fraction of sp³-hybridized carbons (Fsp3) is 0.500. The summed E-state index contributed by atoms with van der Waals surface area (Å²) in [6.07, 6.45) is 0.0863. The zero-order valence-electron chi connectivity index (χ0n) is 17.6. The van der Waals surface area contributed by atoms with Crippen LogP contribution in [0.15, 0.2) is 18.2 Å². The second-order valence-electron chi connectivity index (χ2n) is 8.83. The third-order valence-corrected chi connectivity index (χ3v) is 5.77. The Kier molecular flexibility index (Phi) is 4.85. The summed E-state index contributed by atoms with van der Waals surface area (Å²) in [5.41, 5.74) is 0.687. The second-order valence-corrected chi connectivity index (χ2v) is 8.83. The minimum absolute atomic E-state index is 0.173. The number of aromatic nitrogens is 1. The third kappa shape index (κ3) is 3.06. The van der Waals surface area contributed by atoms with E-state index >= 15 is 0 Å². The second kappa shape index (κ2) is 7.12. The predicted octanol–water partition coefficient (Wildman–Crippen LogP) is 2.82. The first-order valence-corrected chi connectivity index (χ1v) is 10.1. The number of fused-ring (bicyclic) bond motifs is 1. The molecule has 1 aromatic carbocycles. The van der Waals surface area contributed by atoms with Crippen LogP contribution in [0.2, 0.25) is 0 Å². The molecule has 30 heavy (non-hydrogen) atoms. The third-order valence-electron chi connectivity index (χ3n) is 5.77. The molecule has 2 bridgehead atoms. The SMILES string of the molecule is COc1c2n(C3CCN(C(=O)OC(C)(C)C)CC3CO)c3cccc(c13)C(=O)C2=O. The van der Waals surface area contributed by atoms with Crippen LogP contribution in [0.4, 0.5) is 4.79 Å². The van der Waals surface area contributed by atoms with Crippen molar-refractivity contribution in [1.82, 2.24) is 9.47 Å². The van der Waals surface area contributed by atoms with Crippen molar-refractivity contribution in [2.45, 2.75) is 38.8 Å². The summed E-state index contributed by atoms with van der Waals surface area (Å²) in [6.45, 7) is 5.95. The highest BCUT2D eigenvalue weighted by Gasteiger charge is 2.42. The number of Topliss-reactive ketones (excluding diaryl/α,β-unsaturated/α-hetero) is 2. The summed E-state index contributed by atoms with van der Waals surface area (Å²) < 4.78 is 12.8. The Balaban J connectivity index is 1.74. The number of ketones is 2. The zero-order chi connectivity index (χ0) is 21.8. The fourth-order valence-electron chi connectivity index (χ4n) is 4.53. The van der Waals surface area contributed by atoms with Crippen molar-refractivity contribution in [3.63, 3.8) is 0 Å². The lowest BCUT2D eigenvalue weighted by Crippen LogP contribution is -2.47. The van der Waals surface area contributed by atoms with Crippen LogP contribution in [0.5, 0.6) is 5.75 Å². The van der Waals surface area contributed by atoms with Crippen molar-refractivity contribution in [1.29, 1.82) is 0 Å². The number of hydrogen-bond donors (Lipinski definition) is 1. The van der Waals surface area contributed by atoms with Gasteiger partial charge in [0.2, 0.25) is 5.78 Å². The van der Waals surface area contributed by atoms with Gasteiger partial charge in [0.05, 0.1) is 18.0 Å². The highest BCUT2D eigenvalue weighted by atomic mass is 16.6. The number of methoxy groups -OCH3 is 1. The fourth-order valence-corrected chi connectivity index (χ4v) is 4.53. The largest absolute Gasteiger partial charge is 0.494 e. The van der Waals surface area contributed by atoms with Crippen molar-refractivity contribution >= 4 is 28.6 Å². The summed E-state index contributed by atoms with van der Waals surface area (Å²) in [5.74, 6) is -1.07. The van der Waals surface area contributed by atoms with Crippen LogP contribution in [0.1, 0.15) is 54.1 Å². The van der Waals surface area contributed by atoms with E-state index in [1.165, 1.54) is 7.11 Å². The van der Waals surface area contributed by atoms with Crippen molar-refractivity contribution in [2.24, 2.45) is 5.92 Å². The van der Waals surface area contributed by atoms with Crippen LogP contribution in [-0.4, -0.2) is 64.6 Å². The van der Waals surface area contributed by atoms with E-state index in [0.717, 1.165) is 5.52 Å². The van der Waals surface area contributed by atoms with Crippen molar-refractivity contribution < 1.29 is 29.0 Å². The number of carbonyl (C=O) groups is 3. The lowest BCUT2D eigenvalue weighted by atomic mass is 9.92. The van der Waals surface area contributed by atoms with E-state index in [-0.39, 0.29) is 24.3 Å². The first kappa shape index (κ1) is 20.4. The molecule has 1 aliphatic carbocycles. The molecule has 2 aromatic rings. The molecular formula is C22H26N2O6. The summed E-state index contributed by atoms with van der Waals surface area (Å²) in [7, 11) is 1.48. The normalized spacial score (nSPS) is 21.4. The number of carbonyl (C=O) groups excluding carboxylic acids is 3. The molecule has 2 unspecified atom stereocenters. The molecular weight excluding hydrogens is 388 g/mol. The van der Waals surface area contributed by atoms with Gasteiger partial charge in [0.15, 0.2) is 5.75 Å². The van der Waals surface area contributed by atoms with Crippen LogP contribution in [0.3, 0.4) is 0 Å². The van der Waals surface area contributed by atoms with Gasteiger partial charge in [-0.05, 0) is 33.3 Å². The van der Waals surface area contributed by atoms with Gasteiger partial charge in [-0.2, -0.15) is 0 Å². The van der Waals surface area contributed by atoms with Gasteiger partial charge in [0.25, 0.3) is 5.78 Å². The molecule has 8 heteroatoms. The molecule has 1 fully saturated rings. The number of likely N-dealkylation sites (tertiary alicyclic amines) is 1. The van der Waals surface area contributed by atoms with Crippen LogP contribution in [-0.2, 0) is 4.74 Å². The maximum Gasteiger partial charge on any atom is 0.410 e. The van der Waals surface area contributed by atoms with E-state index in [2.05, 4.69) is 0 Å². The van der Waals surface area contributed by atoms with Gasteiger partial charge in [-0.1, -0.05) is 12.1 Å². The lowest BCUT2D eigenvalue weighted by Gasteiger charge is -2.39. The molecule has 1 N–H and O–H groups in total. The van der Waals surface area contributed by atoms with Gasteiger partial charge in [0.1, 0.15) is 11.3 Å². The average molecular weight is 414 g/mol. The summed E-state index contributed by atoms with van der Waals surface area (Å²) >= 11 is 0. The Morgan fingerprint density at radius 1 is 1.23 bits per heavy atom. The van der Waals surface area contributed by atoms with E-state index in [9.17, 15) is 19.5 Å². The minimum atomic E-state index is -0.609. The van der Waals surface area contributed by atoms with E-state index in [1.54, 1.807) is 37.8 Å². The maximum atomic E-state index is 12.9. The van der Waals surface area contributed by atoms with E-state index in [0.29, 0.717) is 36.2 Å². The molecule has 2 atom stereocenters. The number of nitrogens with zero attached hydrogens (tertiary/aromatic N) is 2. The van der Waals surface area contributed by atoms with Gasteiger partial charge in [-0.15, -0.1) is 0 Å². The molecule has 160 valence electrons. The Hall–Kier alpha value is -2.87. The Bertz CT molecular complexity index is 1050. The van der Waals surface area contributed by atoms with Gasteiger partial charge in [-0.25, -0.2) is 4.79 Å². The van der Waals surface area contributed by atoms with Crippen LogP contribution >= 0.6 is 0 Å². The Labute approximate surface area is 174 Å². The highest BCUT2D eigenvalue weighted by molar-refractivity contribution is 6.54. The van der Waals surface area contributed by atoms with Gasteiger partial charge >= 0.3 is 6.09 Å². The molecule has 1 aromatic heterocycles. The summed E-state index contributed by atoms with van der Waals surface area (Å²) in [5, 5.41) is 10.7. The zero-order valence-corrected chi connectivity index (χ0v) is 17.6. The molecule has 1 amide bonds. The predicted molar refractivity (Wildman–Crippen MR) is 109 cm³/mol. The van der Waals surface area contributed by atoms with Crippen molar-refractivity contribution in [2.75, 3.05) is 26.8 Å². The van der Waals surface area contributed by atoms with Gasteiger partial charge < -0.3 is 24.0 Å². The smallest absolute Gasteiger partial charge is 0.410 e. The number of hydrogen-bond acceptors (Lipinski definition) is 6. The molecule has 0 saturated carbocycles. The number of ether oxygens (including phenoxy) is 2. The first-order chi connectivity index (χ1) is 14.2. The number of piperidine rings is 1. The molecule has 2 heterocycles. The Morgan fingerprint density at radius 2 is 1.97 bits per heavy atom. The van der Waals surface area contributed by atoms with Gasteiger partial charge in [-0.3, -0.25) is 9.59 Å². The molecule has 4 rings (SSSR count). The quantitative estimate of drug-likeness (QED) is 0.776. The van der Waals surface area contributed by atoms with Crippen molar-refractivity contribution in [3.05, 3.63) is 29.5 Å². The van der Waals surface area contributed by atoms with E-state index in [1.807, 2.05) is 10.6 Å². The molecule has 0 radical (unpaired) electrons. The van der Waals surface area contributed by atoms with E-state index < -0.39 is 23.3 Å². The maximum absolute atomic E-state index is 12.9. The molecule has 1 aliphatic heterocycles. The summed E-state index contributed by atoms with van der Waals surface area (Å²) in [6, 6.07) is 4.97. The highest BCUT2D eigenvalue weighted by Crippen LogP contribution is 2.44. The molecule has 0 spiro atoms. The number of aliphatic hydroxyl groups excluding tert-OH is 1. The standard InChI is InChI=1S/C22H26N2O6/c1-22(2,3)30-21(28)23-9-8-14(12(10-23)11-25)24-15-7-5-6-13-16(15)20(29-4)17(24)19(27)18(13)26/h5-7,12,14,25H,8-11H2,1-4H3. The van der Waals surface area contributed by atoms with Gasteiger partial charge in [0, 0.05) is 37.2 Å². The van der Waals surface area contributed by atoms with E-state index in [4.69, 9.17) is 9.47 Å². The monoisotopic (exact) mass is 414 g/mol. The van der Waals surface area contributed by atoms with Crippen LogP contribution < -0.4 is 4.74 Å². The summed E-state index contributed by atoms with van der Waals surface area (Å²) in [4.78, 5) is 39.6.